The fraction of sp³-hybridized carbons (Fsp3) is 0.158. The van der Waals surface area contributed by atoms with Gasteiger partial charge in [0.2, 0.25) is 0 Å². The van der Waals surface area contributed by atoms with Crippen LogP contribution in [0.5, 0.6) is 17.2 Å². The van der Waals surface area contributed by atoms with Gasteiger partial charge in [-0.1, -0.05) is 24.3 Å². The third-order valence-electron chi connectivity index (χ3n) is 3.54. The number of hydrogen-bond donors (Lipinski definition) is 0. The highest BCUT2D eigenvalue weighted by Crippen LogP contribution is 2.30. The van der Waals surface area contributed by atoms with Crippen LogP contribution in [0.25, 0.3) is 10.9 Å². The average molecular weight is 323 g/mol. The SMILES string of the molecule is COc1cccc(C=O)c1OCCOc1cccc2cccnc12. The molecule has 0 N–H and O–H groups in total. The summed E-state index contributed by atoms with van der Waals surface area (Å²) in [6.45, 7) is 0.608. The number of benzene rings is 2. The van der Waals surface area contributed by atoms with Crippen molar-refractivity contribution in [3.05, 3.63) is 60.3 Å². The monoisotopic (exact) mass is 323 g/mol. The molecule has 0 aliphatic heterocycles. The van der Waals surface area contributed by atoms with Crippen LogP contribution in [-0.2, 0) is 0 Å². The van der Waals surface area contributed by atoms with Crippen LogP contribution in [0.4, 0.5) is 0 Å². The first-order valence-electron chi connectivity index (χ1n) is 7.55. The zero-order valence-corrected chi connectivity index (χ0v) is 13.3. The van der Waals surface area contributed by atoms with E-state index in [0.29, 0.717) is 29.4 Å². The van der Waals surface area contributed by atoms with Gasteiger partial charge in [-0.05, 0) is 24.3 Å². The highest BCUT2D eigenvalue weighted by molar-refractivity contribution is 5.84. The molecule has 0 bridgehead atoms. The predicted molar refractivity (Wildman–Crippen MR) is 91.1 cm³/mol. The van der Waals surface area contributed by atoms with Gasteiger partial charge >= 0.3 is 0 Å². The number of aldehydes is 1. The lowest BCUT2D eigenvalue weighted by molar-refractivity contribution is 0.111. The Bertz CT molecular complexity index is 842. The lowest BCUT2D eigenvalue weighted by atomic mass is 10.2. The Hall–Kier alpha value is -3.08. The van der Waals surface area contributed by atoms with E-state index in [2.05, 4.69) is 4.98 Å². The van der Waals surface area contributed by atoms with Gasteiger partial charge < -0.3 is 14.2 Å². The van der Waals surface area contributed by atoms with E-state index in [1.54, 1.807) is 24.4 Å². The molecule has 0 unspecified atom stereocenters. The molecule has 0 fully saturated rings. The first-order chi connectivity index (χ1) is 11.8. The molecule has 0 radical (unpaired) electrons. The number of aromatic nitrogens is 1. The van der Waals surface area contributed by atoms with Crippen LogP contribution >= 0.6 is 0 Å². The fourth-order valence-corrected chi connectivity index (χ4v) is 2.43. The van der Waals surface area contributed by atoms with Gasteiger partial charge in [-0.15, -0.1) is 0 Å². The minimum atomic E-state index is 0.282. The lowest BCUT2D eigenvalue weighted by Gasteiger charge is -2.13. The zero-order chi connectivity index (χ0) is 16.8. The number of carbonyl (C=O) groups excluding carboxylic acids is 1. The highest BCUT2D eigenvalue weighted by atomic mass is 16.5. The van der Waals surface area contributed by atoms with E-state index in [9.17, 15) is 4.79 Å². The van der Waals surface area contributed by atoms with Crippen LogP contribution in [0, 0.1) is 0 Å². The first kappa shape index (κ1) is 15.8. The molecule has 0 atom stereocenters. The summed E-state index contributed by atoms with van der Waals surface area (Å²) in [6.07, 6.45) is 2.48. The second-order valence-electron chi connectivity index (χ2n) is 5.02. The predicted octanol–water partition coefficient (Wildman–Crippen LogP) is 3.51. The smallest absolute Gasteiger partial charge is 0.171 e. The number of rotatable bonds is 7. The van der Waals surface area contributed by atoms with Crippen molar-refractivity contribution in [2.75, 3.05) is 20.3 Å². The lowest BCUT2D eigenvalue weighted by Crippen LogP contribution is -2.11. The molecule has 0 saturated heterocycles. The topological polar surface area (TPSA) is 57.7 Å². The largest absolute Gasteiger partial charge is 0.493 e. The second kappa shape index (κ2) is 7.46. The molecule has 0 spiro atoms. The molecule has 0 aliphatic carbocycles. The average Bonchev–Trinajstić information content (AvgIpc) is 2.65. The van der Waals surface area contributed by atoms with Gasteiger partial charge in [0.05, 0.1) is 12.7 Å². The van der Waals surface area contributed by atoms with Crippen molar-refractivity contribution in [2.24, 2.45) is 0 Å². The van der Waals surface area contributed by atoms with E-state index in [4.69, 9.17) is 14.2 Å². The second-order valence-corrected chi connectivity index (χ2v) is 5.02. The van der Waals surface area contributed by atoms with Crippen molar-refractivity contribution in [1.82, 2.24) is 4.98 Å². The molecule has 3 rings (SSSR count). The molecular formula is C19H17NO4. The van der Waals surface area contributed by atoms with Crippen LogP contribution in [0.2, 0.25) is 0 Å². The van der Waals surface area contributed by atoms with Gasteiger partial charge in [-0.3, -0.25) is 9.78 Å². The summed E-state index contributed by atoms with van der Waals surface area (Å²) >= 11 is 0. The van der Waals surface area contributed by atoms with Gasteiger partial charge in [0.1, 0.15) is 24.5 Å². The maximum atomic E-state index is 11.1. The van der Waals surface area contributed by atoms with Crippen molar-refractivity contribution in [2.45, 2.75) is 0 Å². The Morgan fingerprint density at radius 1 is 0.958 bits per heavy atom. The van der Waals surface area contributed by atoms with E-state index in [1.807, 2.05) is 30.3 Å². The molecule has 0 saturated carbocycles. The molecule has 5 nitrogen and oxygen atoms in total. The summed E-state index contributed by atoms with van der Waals surface area (Å²) in [5, 5.41) is 1.02. The molecule has 1 aromatic heterocycles. The molecule has 3 aromatic rings. The number of methoxy groups -OCH3 is 1. The molecule has 1 heterocycles. The van der Waals surface area contributed by atoms with Crippen LogP contribution in [-0.4, -0.2) is 31.6 Å². The van der Waals surface area contributed by atoms with Gasteiger partial charge in [0.15, 0.2) is 17.8 Å². The van der Waals surface area contributed by atoms with Gasteiger partial charge in [-0.2, -0.15) is 0 Å². The maximum absolute atomic E-state index is 11.1. The van der Waals surface area contributed by atoms with Crippen molar-refractivity contribution in [1.29, 1.82) is 0 Å². The Kier molecular flexibility index (Phi) is 4.91. The van der Waals surface area contributed by atoms with E-state index in [1.165, 1.54) is 7.11 Å². The number of para-hydroxylation sites is 2. The van der Waals surface area contributed by atoms with Crippen molar-refractivity contribution >= 4 is 17.2 Å². The molecule has 24 heavy (non-hydrogen) atoms. The van der Waals surface area contributed by atoms with Gasteiger partial charge in [0, 0.05) is 11.6 Å². The van der Waals surface area contributed by atoms with Gasteiger partial charge in [0.25, 0.3) is 0 Å². The Labute approximate surface area is 139 Å². The van der Waals surface area contributed by atoms with Crippen LogP contribution in [0.3, 0.4) is 0 Å². The van der Waals surface area contributed by atoms with Crippen molar-refractivity contribution < 1.29 is 19.0 Å². The molecule has 122 valence electrons. The molecular weight excluding hydrogens is 306 g/mol. The van der Waals surface area contributed by atoms with Crippen molar-refractivity contribution in [3.8, 4) is 17.2 Å². The summed E-state index contributed by atoms with van der Waals surface area (Å²) in [7, 11) is 1.54. The van der Waals surface area contributed by atoms with E-state index >= 15 is 0 Å². The van der Waals surface area contributed by atoms with E-state index < -0.39 is 0 Å². The standard InChI is InChI=1S/C19H17NO4/c1-22-17-9-3-6-15(13-21)19(17)24-12-11-23-16-8-2-5-14-7-4-10-20-18(14)16/h2-10,13H,11-12H2,1H3. The number of carbonyl (C=O) groups is 1. The number of fused-ring (bicyclic) bond motifs is 1. The normalized spacial score (nSPS) is 10.4. The molecule has 0 aliphatic rings. The first-order valence-corrected chi connectivity index (χ1v) is 7.55. The zero-order valence-electron chi connectivity index (χ0n) is 13.3. The maximum Gasteiger partial charge on any atom is 0.171 e. The molecule has 0 amide bonds. The van der Waals surface area contributed by atoms with Crippen molar-refractivity contribution in [3.63, 3.8) is 0 Å². The number of pyridine rings is 1. The Balaban J connectivity index is 1.66. The van der Waals surface area contributed by atoms with Gasteiger partial charge in [-0.25, -0.2) is 0 Å². The number of hydrogen-bond acceptors (Lipinski definition) is 5. The summed E-state index contributed by atoms with van der Waals surface area (Å²) in [5.41, 5.74) is 1.26. The minimum Gasteiger partial charge on any atom is -0.493 e. The summed E-state index contributed by atoms with van der Waals surface area (Å²) in [6, 6.07) is 14.8. The van der Waals surface area contributed by atoms with E-state index in [-0.39, 0.29) is 6.61 Å². The van der Waals surface area contributed by atoms with Crippen LogP contribution < -0.4 is 14.2 Å². The third kappa shape index (κ3) is 3.30. The molecule has 2 aromatic carbocycles. The highest BCUT2D eigenvalue weighted by Gasteiger charge is 2.10. The fourth-order valence-electron chi connectivity index (χ4n) is 2.43. The Morgan fingerprint density at radius 2 is 1.71 bits per heavy atom. The third-order valence-corrected chi connectivity index (χ3v) is 3.54. The summed E-state index contributed by atoms with van der Waals surface area (Å²) in [5.74, 6) is 1.65. The molecule has 5 heteroatoms. The number of nitrogens with zero attached hydrogens (tertiary/aromatic N) is 1. The number of ether oxygens (including phenoxy) is 3. The van der Waals surface area contributed by atoms with E-state index in [0.717, 1.165) is 17.2 Å². The Morgan fingerprint density at radius 3 is 2.54 bits per heavy atom. The summed E-state index contributed by atoms with van der Waals surface area (Å²) < 4.78 is 16.7. The van der Waals surface area contributed by atoms with Crippen LogP contribution in [0.1, 0.15) is 10.4 Å². The quantitative estimate of drug-likeness (QED) is 0.492. The minimum absolute atomic E-state index is 0.282. The summed E-state index contributed by atoms with van der Waals surface area (Å²) in [4.78, 5) is 15.5. The van der Waals surface area contributed by atoms with Crippen LogP contribution in [0.15, 0.2) is 54.7 Å².